The van der Waals surface area contributed by atoms with Crippen LogP contribution in [0.1, 0.15) is 316 Å². The van der Waals surface area contributed by atoms with Crippen molar-refractivity contribution in [3.63, 3.8) is 0 Å². The summed E-state index contributed by atoms with van der Waals surface area (Å²) in [4.78, 5) is 38.1. The molecule has 0 saturated heterocycles. The zero-order chi connectivity index (χ0) is 48.6. The Kier molecular flexibility index (Phi) is 54.2. The fourth-order valence-corrected chi connectivity index (χ4v) is 8.65. The van der Waals surface area contributed by atoms with Crippen molar-refractivity contribution in [2.75, 3.05) is 13.2 Å². The second-order valence-corrected chi connectivity index (χ2v) is 19.9. The largest absolute Gasteiger partial charge is 0.462 e. The number of carbonyl (C=O) groups is 3. The van der Waals surface area contributed by atoms with Gasteiger partial charge >= 0.3 is 17.9 Å². The van der Waals surface area contributed by atoms with E-state index in [1.807, 2.05) is 0 Å². The molecule has 0 aromatic heterocycles. The Labute approximate surface area is 416 Å². The van der Waals surface area contributed by atoms with Gasteiger partial charge in [0.2, 0.25) is 0 Å². The van der Waals surface area contributed by atoms with Crippen LogP contribution in [0.25, 0.3) is 0 Å². The van der Waals surface area contributed by atoms with E-state index in [2.05, 4.69) is 57.2 Å². The third-order valence-corrected chi connectivity index (χ3v) is 13.1. The van der Waals surface area contributed by atoms with Crippen LogP contribution in [0.3, 0.4) is 0 Å². The van der Waals surface area contributed by atoms with Crippen molar-refractivity contribution < 1.29 is 28.6 Å². The molecule has 0 rings (SSSR count). The second kappa shape index (κ2) is 56.2. The van der Waals surface area contributed by atoms with Crippen LogP contribution in [0.15, 0.2) is 36.5 Å². The average Bonchev–Trinajstić information content (AvgIpc) is 3.33. The van der Waals surface area contributed by atoms with Crippen molar-refractivity contribution in [3.05, 3.63) is 36.5 Å². The van der Waals surface area contributed by atoms with E-state index in [0.29, 0.717) is 19.3 Å². The Morgan fingerprint density at radius 2 is 0.537 bits per heavy atom. The molecular formula is C61H112O6. The first kappa shape index (κ1) is 64.6. The molecule has 0 radical (unpaired) electrons. The highest BCUT2D eigenvalue weighted by atomic mass is 16.6. The Morgan fingerprint density at radius 1 is 0.299 bits per heavy atom. The fraction of sp³-hybridized carbons (Fsp3) is 0.852. The third kappa shape index (κ3) is 54.4. The first-order valence-corrected chi connectivity index (χ1v) is 29.5. The summed E-state index contributed by atoms with van der Waals surface area (Å²) >= 11 is 0. The van der Waals surface area contributed by atoms with Gasteiger partial charge in [-0.3, -0.25) is 14.4 Å². The van der Waals surface area contributed by atoms with Crippen LogP contribution >= 0.6 is 0 Å². The molecule has 1 atom stereocenters. The van der Waals surface area contributed by atoms with Gasteiger partial charge in [0.05, 0.1) is 0 Å². The van der Waals surface area contributed by atoms with Crippen molar-refractivity contribution in [2.24, 2.45) is 0 Å². The summed E-state index contributed by atoms with van der Waals surface area (Å²) in [5.41, 5.74) is 0. The molecule has 6 nitrogen and oxygen atoms in total. The van der Waals surface area contributed by atoms with Gasteiger partial charge in [-0.2, -0.15) is 0 Å². The van der Waals surface area contributed by atoms with Gasteiger partial charge in [0.25, 0.3) is 0 Å². The molecule has 0 bridgehead atoms. The van der Waals surface area contributed by atoms with Gasteiger partial charge < -0.3 is 14.2 Å². The number of rotatable bonds is 54. The number of unbranched alkanes of at least 4 members (excludes halogenated alkanes) is 37. The van der Waals surface area contributed by atoms with Gasteiger partial charge in [0.1, 0.15) is 13.2 Å². The molecule has 6 heteroatoms. The molecule has 0 N–H and O–H groups in total. The third-order valence-electron chi connectivity index (χ3n) is 13.1. The summed E-state index contributed by atoms with van der Waals surface area (Å²) in [7, 11) is 0. The predicted molar refractivity (Wildman–Crippen MR) is 289 cm³/mol. The Hall–Kier alpha value is -2.37. The molecule has 0 aromatic carbocycles. The van der Waals surface area contributed by atoms with E-state index in [0.717, 1.165) is 89.9 Å². The zero-order valence-electron chi connectivity index (χ0n) is 44.9. The molecule has 0 fully saturated rings. The van der Waals surface area contributed by atoms with Crippen LogP contribution in [0.4, 0.5) is 0 Å². The lowest BCUT2D eigenvalue weighted by atomic mass is 10.0. The molecule has 1 unspecified atom stereocenters. The molecule has 0 aliphatic rings. The van der Waals surface area contributed by atoms with E-state index < -0.39 is 6.10 Å². The molecule has 67 heavy (non-hydrogen) atoms. The standard InChI is InChI=1S/C61H112O6/c1-4-7-10-13-16-19-22-25-27-29-30-31-32-34-36-39-42-45-48-51-54-60(63)66-57-58(56-65-59(62)53-50-47-44-41-38-35-24-21-18-15-12-9-6-3)67-61(64)55-52-49-46-43-40-37-33-28-26-23-20-17-14-11-8-5-2/h20-21,23-24,28,33,58H,4-19,22,25-27,29-32,34-57H2,1-3H3/b23-20-,24-21-,33-28-. The van der Waals surface area contributed by atoms with Crippen molar-refractivity contribution in [3.8, 4) is 0 Å². The summed E-state index contributed by atoms with van der Waals surface area (Å²) in [5, 5.41) is 0. The van der Waals surface area contributed by atoms with Gasteiger partial charge in [-0.25, -0.2) is 0 Å². The monoisotopic (exact) mass is 941 g/mol. The Morgan fingerprint density at radius 3 is 0.851 bits per heavy atom. The lowest BCUT2D eigenvalue weighted by molar-refractivity contribution is -0.167. The lowest BCUT2D eigenvalue weighted by Gasteiger charge is -2.18. The van der Waals surface area contributed by atoms with Crippen molar-refractivity contribution >= 4 is 17.9 Å². The minimum Gasteiger partial charge on any atom is -0.462 e. The topological polar surface area (TPSA) is 78.9 Å². The molecular weight excluding hydrogens is 829 g/mol. The quantitative estimate of drug-likeness (QED) is 0.0262. The summed E-state index contributed by atoms with van der Waals surface area (Å²) in [6, 6.07) is 0. The molecule has 0 aliphatic heterocycles. The summed E-state index contributed by atoms with van der Waals surface area (Å²) < 4.78 is 16.9. The van der Waals surface area contributed by atoms with Gasteiger partial charge in [-0.05, 0) is 77.0 Å². The van der Waals surface area contributed by atoms with E-state index in [-0.39, 0.29) is 31.1 Å². The van der Waals surface area contributed by atoms with Crippen LogP contribution in [-0.2, 0) is 28.6 Å². The van der Waals surface area contributed by atoms with Gasteiger partial charge in [0.15, 0.2) is 6.10 Å². The predicted octanol–water partition coefficient (Wildman–Crippen LogP) is 19.7. The lowest BCUT2D eigenvalue weighted by Crippen LogP contribution is -2.30. The van der Waals surface area contributed by atoms with Gasteiger partial charge in [-0.1, -0.05) is 256 Å². The van der Waals surface area contributed by atoms with Crippen LogP contribution in [0.5, 0.6) is 0 Å². The van der Waals surface area contributed by atoms with Crippen LogP contribution in [-0.4, -0.2) is 37.2 Å². The number of hydrogen-bond acceptors (Lipinski definition) is 6. The summed E-state index contributed by atoms with van der Waals surface area (Å²) in [5.74, 6) is -0.882. The number of carbonyl (C=O) groups excluding carboxylic acids is 3. The first-order valence-electron chi connectivity index (χ1n) is 29.5. The molecule has 0 amide bonds. The average molecular weight is 942 g/mol. The maximum absolute atomic E-state index is 12.8. The normalized spacial score (nSPS) is 12.2. The number of ether oxygens (including phenoxy) is 3. The Bertz CT molecular complexity index is 1130. The van der Waals surface area contributed by atoms with E-state index >= 15 is 0 Å². The maximum atomic E-state index is 12.8. The number of hydrogen-bond donors (Lipinski definition) is 0. The maximum Gasteiger partial charge on any atom is 0.306 e. The fourth-order valence-electron chi connectivity index (χ4n) is 8.65. The van der Waals surface area contributed by atoms with Crippen LogP contribution < -0.4 is 0 Å². The minimum atomic E-state index is -0.780. The summed E-state index contributed by atoms with van der Waals surface area (Å²) in [6.45, 7) is 6.63. The van der Waals surface area contributed by atoms with E-state index in [1.165, 1.54) is 186 Å². The molecule has 0 spiro atoms. The smallest absolute Gasteiger partial charge is 0.306 e. The molecule has 392 valence electrons. The highest BCUT2D eigenvalue weighted by molar-refractivity contribution is 5.71. The summed E-state index contributed by atoms with van der Waals surface area (Å²) in [6.07, 6.45) is 67.1. The van der Waals surface area contributed by atoms with Gasteiger partial charge in [0, 0.05) is 19.3 Å². The highest BCUT2D eigenvalue weighted by Gasteiger charge is 2.19. The Balaban J connectivity index is 4.32. The van der Waals surface area contributed by atoms with Crippen molar-refractivity contribution in [1.82, 2.24) is 0 Å². The minimum absolute atomic E-state index is 0.0769. The van der Waals surface area contributed by atoms with E-state index in [1.54, 1.807) is 0 Å². The molecule has 0 aliphatic carbocycles. The van der Waals surface area contributed by atoms with E-state index in [4.69, 9.17) is 14.2 Å². The molecule has 0 saturated carbocycles. The van der Waals surface area contributed by atoms with Crippen molar-refractivity contribution in [2.45, 2.75) is 322 Å². The SMILES string of the molecule is CCCCCC/C=C\C/C=C\CCCCCCCC(=O)OC(COC(=O)CCCCCCC/C=C\CCCCCC)COC(=O)CCCCCCCCCCCCCCCCCCCCCC. The second-order valence-electron chi connectivity index (χ2n) is 19.9. The first-order chi connectivity index (χ1) is 33.0. The number of esters is 3. The van der Waals surface area contributed by atoms with Gasteiger partial charge in [-0.15, -0.1) is 0 Å². The number of allylic oxidation sites excluding steroid dienone is 6. The molecule has 0 heterocycles. The molecule has 0 aromatic rings. The van der Waals surface area contributed by atoms with Crippen LogP contribution in [0, 0.1) is 0 Å². The highest BCUT2D eigenvalue weighted by Crippen LogP contribution is 2.17. The zero-order valence-corrected chi connectivity index (χ0v) is 44.9. The van der Waals surface area contributed by atoms with Crippen LogP contribution in [0.2, 0.25) is 0 Å². The van der Waals surface area contributed by atoms with E-state index in [9.17, 15) is 14.4 Å². The van der Waals surface area contributed by atoms with Crippen molar-refractivity contribution in [1.29, 1.82) is 0 Å².